The summed E-state index contributed by atoms with van der Waals surface area (Å²) >= 11 is 0. The molecule has 2 aromatic carbocycles. The molecule has 0 aliphatic carbocycles. The summed E-state index contributed by atoms with van der Waals surface area (Å²) in [7, 11) is 1.86. The number of amides is 2. The molecule has 156 valence electrons. The maximum absolute atomic E-state index is 12.7. The van der Waals surface area contributed by atoms with E-state index in [0.29, 0.717) is 18.9 Å². The van der Waals surface area contributed by atoms with E-state index in [-0.39, 0.29) is 5.91 Å². The normalized spacial score (nSPS) is 12.7. The summed E-state index contributed by atoms with van der Waals surface area (Å²) in [6.45, 7) is 6.75. The van der Waals surface area contributed by atoms with E-state index in [0.717, 1.165) is 11.3 Å². The van der Waals surface area contributed by atoms with E-state index in [4.69, 9.17) is 9.47 Å². The second-order valence-corrected chi connectivity index (χ2v) is 6.53. The average Bonchev–Trinajstić information content (AvgIpc) is 2.74. The largest absolute Gasteiger partial charge is 0.494 e. The number of nitrogens with zero attached hydrogens (tertiary/aromatic N) is 1. The Labute approximate surface area is 172 Å². The molecule has 7 heteroatoms. The molecule has 29 heavy (non-hydrogen) atoms. The van der Waals surface area contributed by atoms with E-state index >= 15 is 0 Å². The Morgan fingerprint density at radius 2 is 1.52 bits per heavy atom. The van der Waals surface area contributed by atoms with E-state index < -0.39 is 18.1 Å². The van der Waals surface area contributed by atoms with Crippen LogP contribution in [0.15, 0.2) is 54.6 Å². The molecule has 0 saturated carbocycles. The Morgan fingerprint density at radius 1 is 0.931 bits per heavy atom. The number of benzene rings is 2. The predicted octanol–water partition coefficient (Wildman–Crippen LogP) is 2.69. The summed E-state index contributed by atoms with van der Waals surface area (Å²) in [5, 5.41) is 0. The van der Waals surface area contributed by atoms with Crippen molar-refractivity contribution in [2.24, 2.45) is 0 Å². The monoisotopic (exact) mass is 399 g/mol. The van der Waals surface area contributed by atoms with Crippen LogP contribution in [0, 0.1) is 0 Å². The van der Waals surface area contributed by atoms with Gasteiger partial charge in [-0.15, -0.1) is 0 Å². The molecule has 0 fully saturated rings. The Hall–Kier alpha value is -3.06. The summed E-state index contributed by atoms with van der Waals surface area (Å²) in [6, 6.07) is 15.9. The number of carbonyl (C=O) groups excluding carboxylic acids is 2. The average molecular weight is 399 g/mol. The molecule has 2 amide bonds. The highest BCUT2D eigenvalue weighted by molar-refractivity contribution is 5.87. The van der Waals surface area contributed by atoms with Gasteiger partial charge in [0, 0.05) is 0 Å². The fraction of sp³-hybridized carbons (Fsp3) is 0.364. The van der Waals surface area contributed by atoms with Crippen molar-refractivity contribution in [3.63, 3.8) is 0 Å². The van der Waals surface area contributed by atoms with Crippen molar-refractivity contribution in [3.05, 3.63) is 60.2 Å². The second-order valence-electron chi connectivity index (χ2n) is 6.53. The van der Waals surface area contributed by atoms with Gasteiger partial charge in [0.05, 0.1) is 6.61 Å². The Morgan fingerprint density at radius 3 is 2.10 bits per heavy atom. The van der Waals surface area contributed by atoms with Crippen LogP contribution >= 0.6 is 0 Å². The molecule has 0 aliphatic rings. The van der Waals surface area contributed by atoms with Crippen molar-refractivity contribution < 1.29 is 19.1 Å². The molecule has 0 saturated heterocycles. The van der Waals surface area contributed by atoms with Crippen LogP contribution in [0.4, 0.5) is 0 Å². The van der Waals surface area contributed by atoms with Crippen molar-refractivity contribution in [1.29, 1.82) is 0 Å². The van der Waals surface area contributed by atoms with E-state index in [9.17, 15) is 9.59 Å². The first-order valence-electron chi connectivity index (χ1n) is 9.70. The number of likely N-dealkylation sites (N-methyl/N-ethyl adjacent to an activating group) is 1. The van der Waals surface area contributed by atoms with Gasteiger partial charge in [0.15, 0.2) is 6.10 Å². The highest BCUT2D eigenvalue weighted by atomic mass is 16.5. The Balaban J connectivity index is 1.92. The van der Waals surface area contributed by atoms with E-state index in [1.165, 1.54) is 0 Å². The molecule has 0 radical (unpaired) electrons. The zero-order valence-electron chi connectivity index (χ0n) is 17.3. The highest BCUT2D eigenvalue weighted by Crippen LogP contribution is 2.20. The minimum Gasteiger partial charge on any atom is -0.494 e. The van der Waals surface area contributed by atoms with Crippen molar-refractivity contribution in [3.8, 4) is 11.5 Å². The van der Waals surface area contributed by atoms with Crippen LogP contribution in [0.25, 0.3) is 0 Å². The fourth-order valence-corrected chi connectivity index (χ4v) is 2.76. The van der Waals surface area contributed by atoms with Crippen molar-refractivity contribution in [1.82, 2.24) is 15.8 Å². The molecular formula is C22H29N3O4. The second kappa shape index (κ2) is 11.1. The Kier molecular flexibility index (Phi) is 8.48. The lowest BCUT2D eigenvalue weighted by molar-refractivity contribution is -0.134. The van der Waals surface area contributed by atoms with Gasteiger partial charge in [0.1, 0.15) is 17.5 Å². The summed E-state index contributed by atoms with van der Waals surface area (Å²) < 4.78 is 11.0. The number of rotatable bonds is 9. The minimum atomic E-state index is -0.785. The molecule has 0 aromatic heterocycles. The fourth-order valence-electron chi connectivity index (χ4n) is 2.76. The highest BCUT2D eigenvalue weighted by Gasteiger charge is 2.25. The molecule has 2 atom stereocenters. The molecule has 0 spiro atoms. The van der Waals surface area contributed by atoms with Crippen LogP contribution in [-0.4, -0.2) is 43.0 Å². The van der Waals surface area contributed by atoms with E-state index in [1.54, 1.807) is 31.2 Å². The lowest BCUT2D eigenvalue weighted by atomic mass is 10.1. The number of carbonyl (C=O) groups is 2. The lowest BCUT2D eigenvalue weighted by Gasteiger charge is -2.26. The standard InChI is InChI=1S/C22H29N3O4/c1-5-25(4)20(17-10-8-7-9-11-17)22(27)24-23-21(26)16(3)29-19-14-12-18(13-15-19)28-6-2/h7-16,20H,5-6H2,1-4H3,(H,23,26)(H,24,27). The van der Waals surface area contributed by atoms with Crippen LogP contribution < -0.4 is 20.3 Å². The molecule has 0 bridgehead atoms. The third kappa shape index (κ3) is 6.50. The number of hydrogen-bond acceptors (Lipinski definition) is 5. The molecule has 7 nitrogen and oxygen atoms in total. The first-order chi connectivity index (χ1) is 14.0. The van der Waals surface area contributed by atoms with Gasteiger partial charge in [-0.25, -0.2) is 0 Å². The van der Waals surface area contributed by atoms with E-state index in [2.05, 4.69) is 10.9 Å². The quantitative estimate of drug-likeness (QED) is 0.634. The van der Waals surface area contributed by atoms with Crippen molar-refractivity contribution in [2.75, 3.05) is 20.2 Å². The zero-order valence-corrected chi connectivity index (χ0v) is 17.3. The maximum atomic E-state index is 12.7. The molecule has 2 N–H and O–H groups in total. The van der Waals surface area contributed by atoms with Gasteiger partial charge in [0.2, 0.25) is 0 Å². The van der Waals surface area contributed by atoms with Crippen LogP contribution in [0.2, 0.25) is 0 Å². The van der Waals surface area contributed by atoms with Crippen molar-refractivity contribution >= 4 is 11.8 Å². The molecule has 2 rings (SSSR count). The van der Waals surface area contributed by atoms with Gasteiger partial charge in [-0.05, 0) is 57.3 Å². The molecule has 2 aromatic rings. The maximum Gasteiger partial charge on any atom is 0.279 e. The molecule has 2 unspecified atom stereocenters. The smallest absolute Gasteiger partial charge is 0.279 e. The van der Waals surface area contributed by atoms with Gasteiger partial charge in [-0.1, -0.05) is 37.3 Å². The van der Waals surface area contributed by atoms with Crippen LogP contribution in [0.5, 0.6) is 11.5 Å². The first kappa shape index (κ1) is 22.2. The van der Waals surface area contributed by atoms with Crippen LogP contribution in [0.3, 0.4) is 0 Å². The zero-order chi connectivity index (χ0) is 21.2. The summed E-state index contributed by atoms with van der Waals surface area (Å²) in [5.41, 5.74) is 5.81. The lowest BCUT2D eigenvalue weighted by Crippen LogP contribution is -2.50. The third-order valence-electron chi connectivity index (χ3n) is 4.43. The number of ether oxygens (including phenoxy) is 2. The minimum absolute atomic E-state index is 0.317. The summed E-state index contributed by atoms with van der Waals surface area (Å²) in [4.78, 5) is 26.9. The molecular weight excluding hydrogens is 370 g/mol. The topological polar surface area (TPSA) is 79.9 Å². The SMILES string of the molecule is CCOc1ccc(OC(C)C(=O)NNC(=O)C(c2ccccc2)N(C)CC)cc1. The number of hydrazine groups is 1. The summed E-state index contributed by atoms with van der Waals surface area (Å²) in [5.74, 6) is 0.506. The van der Waals surface area contributed by atoms with Gasteiger partial charge in [-0.3, -0.25) is 25.3 Å². The van der Waals surface area contributed by atoms with Gasteiger partial charge in [-0.2, -0.15) is 0 Å². The van der Waals surface area contributed by atoms with Crippen molar-refractivity contribution in [2.45, 2.75) is 32.9 Å². The Bertz CT molecular complexity index is 780. The predicted molar refractivity (Wildman–Crippen MR) is 111 cm³/mol. The first-order valence-corrected chi connectivity index (χ1v) is 9.70. The van der Waals surface area contributed by atoms with Gasteiger partial charge >= 0.3 is 0 Å². The molecule has 0 aliphatic heterocycles. The number of nitrogens with one attached hydrogen (secondary N) is 2. The van der Waals surface area contributed by atoms with Gasteiger partial charge < -0.3 is 9.47 Å². The third-order valence-corrected chi connectivity index (χ3v) is 4.43. The van der Waals surface area contributed by atoms with Gasteiger partial charge in [0.25, 0.3) is 11.8 Å². The van der Waals surface area contributed by atoms with E-state index in [1.807, 2.05) is 56.1 Å². The van der Waals surface area contributed by atoms with Crippen LogP contribution in [0.1, 0.15) is 32.4 Å². The number of hydrogen-bond donors (Lipinski definition) is 2. The van der Waals surface area contributed by atoms with Crippen LogP contribution in [-0.2, 0) is 9.59 Å². The summed E-state index contributed by atoms with van der Waals surface area (Å²) in [6.07, 6.45) is -0.785. The molecule has 0 heterocycles.